The molecule has 7 nitrogen and oxygen atoms in total. The molecule has 0 aliphatic carbocycles. The van der Waals surface area contributed by atoms with Crippen LogP contribution in [0.5, 0.6) is 0 Å². The Hall–Kier alpha value is -2.93. The molecule has 1 atom stereocenters. The monoisotopic (exact) mass is 356 g/mol. The summed E-state index contributed by atoms with van der Waals surface area (Å²) in [6, 6.07) is 10.3. The summed E-state index contributed by atoms with van der Waals surface area (Å²) in [4.78, 5) is 35.7. The number of hydrogen-bond acceptors (Lipinski definition) is 4. The lowest BCUT2D eigenvalue weighted by Crippen LogP contribution is -2.39. The Morgan fingerprint density at radius 1 is 1.04 bits per heavy atom. The third-order valence-electron chi connectivity index (χ3n) is 4.29. The first-order valence-corrected chi connectivity index (χ1v) is 8.50. The Kier molecular flexibility index (Phi) is 5.48. The first-order valence-electron chi connectivity index (χ1n) is 8.50. The molecule has 2 aromatic rings. The normalized spacial score (nSPS) is 16.4. The summed E-state index contributed by atoms with van der Waals surface area (Å²) in [6.07, 6.45) is 1.16. The van der Waals surface area contributed by atoms with E-state index in [1.807, 2.05) is 18.2 Å². The van der Waals surface area contributed by atoms with Crippen LogP contribution >= 0.6 is 0 Å². The van der Waals surface area contributed by atoms with Crippen molar-refractivity contribution in [2.45, 2.75) is 18.9 Å². The molecule has 0 aromatic heterocycles. The van der Waals surface area contributed by atoms with Gasteiger partial charge in [-0.25, -0.2) is 4.79 Å². The van der Waals surface area contributed by atoms with Crippen LogP contribution in [0.3, 0.4) is 0 Å². The van der Waals surface area contributed by atoms with Crippen molar-refractivity contribution in [3.8, 4) is 0 Å². The van der Waals surface area contributed by atoms with Gasteiger partial charge in [-0.3, -0.25) is 9.59 Å². The zero-order valence-corrected chi connectivity index (χ0v) is 14.2. The van der Waals surface area contributed by atoms with E-state index in [2.05, 4.69) is 10.6 Å². The Labute approximate surface area is 150 Å². The minimum absolute atomic E-state index is 0.0513. The third kappa shape index (κ3) is 4.00. The van der Waals surface area contributed by atoms with Crippen LogP contribution in [0.2, 0.25) is 0 Å². The van der Waals surface area contributed by atoms with Gasteiger partial charge in [0.15, 0.2) is 0 Å². The Balaban J connectivity index is 1.62. The highest BCUT2D eigenvalue weighted by Gasteiger charge is 2.23. The number of carboxylic acids is 1. The van der Waals surface area contributed by atoms with Crippen molar-refractivity contribution in [3.05, 3.63) is 47.5 Å². The van der Waals surface area contributed by atoms with Crippen LogP contribution in [0.4, 0.5) is 0 Å². The van der Waals surface area contributed by atoms with E-state index in [0.717, 1.165) is 17.2 Å². The molecule has 1 heterocycles. The lowest BCUT2D eigenvalue weighted by atomic mass is 10.0. The smallest absolute Gasteiger partial charge is 0.336 e. The second-order valence-corrected chi connectivity index (χ2v) is 6.10. The topological polar surface area (TPSA) is 105 Å². The van der Waals surface area contributed by atoms with Gasteiger partial charge in [-0.1, -0.05) is 24.3 Å². The van der Waals surface area contributed by atoms with E-state index < -0.39 is 18.0 Å². The second-order valence-electron chi connectivity index (χ2n) is 6.10. The van der Waals surface area contributed by atoms with E-state index in [1.165, 1.54) is 6.07 Å². The summed E-state index contributed by atoms with van der Waals surface area (Å²) >= 11 is 0. The van der Waals surface area contributed by atoms with Crippen molar-refractivity contribution in [3.63, 3.8) is 0 Å². The molecule has 1 saturated heterocycles. The maximum Gasteiger partial charge on any atom is 0.336 e. The standard InChI is InChI=1S/C19H20N2O5/c22-17(20-7-8-21-18(23)16-6-3-9-26-16)14-10-12-4-1-2-5-13(12)11-15(14)19(24)25/h1-2,4-5,10-11,16H,3,6-9H2,(H,20,22)(H,21,23)(H,24,25). The Bertz CT molecular complexity index is 843. The quantitative estimate of drug-likeness (QED) is 0.682. The van der Waals surface area contributed by atoms with Crippen molar-refractivity contribution >= 4 is 28.6 Å². The minimum atomic E-state index is -1.16. The van der Waals surface area contributed by atoms with Gasteiger partial charge < -0.3 is 20.5 Å². The number of ether oxygens (including phenoxy) is 1. The van der Waals surface area contributed by atoms with Crippen LogP contribution in [-0.2, 0) is 9.53 Å². The fourth-order valence-corrected chi connectivity index (χ4v) is 2.96. The highest BCUT2D eigenvalue weighted by atomic mass is 16.5. The molecular formula is C19H20N2O5. The summed E-state index contributed by atoms with van der Waals surface area (Å²) in [5, 5.41) is 16.3. The van der Waals surface area contributed by atoms with Crippen LogP contribution < -0.4 is 10.6 Å². The molecule has 1 aliphatic heterocycles. The molecule has 0 bridgehead atoms. The predicted molar refractivity (Wildman–Crippen MR) is 95.2 cm³/mol. The van der Waals surface area contributed by atoms with Crippen molar-refractivity contribution < 1.29 is 24.2 Å². The van der Waals surface area contributed by atoms with Crippen LogP contribution in [0.25, 0.3) is 10.8 Å². The van der Waals surface area contributed by atoms with Gasteiger partial charge in [-0.2, -0.15) is 0 Å². The molecule has 26 heavy (non-hydrogen) atoms. The summed E-state index contributed by atoms with van der Waals surface area (Å²) in [6.45, 7) is 1.04. The van der Waals surface area contributed by atoms with Gasteiger partial charge in [0.05, 0.1) is 11.1 Å². The first kappa shape index (κ1) is 17.9. The van der Waals surface area contributed by atoms with E-state index in [-0.39, 0.29) is 30.1 Å². The van der Waals surface area contributed by atoms with E-state index >= 15 is 0 Å². The number of rotatable bonds is 6. The van der Waals surface area contributed by atoms with Crippen molar-refractivity contribution in [1.82, 2.24) is 10.6 Å². The number of carboxylic acid groups (broad SMARTS) is 1. The van der Waals surface area contributed by atoms with Crippen LogP contribution in [0.15, 0.2) is 36.4 Å². The van der Waals surface area contributed by atoms with Crippen molar-refractivity contribution in [2.75, 3.05) is 19.7 Å². The van der Waals surface area contributed by atoms with Gasteiger partial charge >= 0.3 is 5.97 Å². The zero-order valence-electron chi connectivity index (χ0n) is 14.2. The molecule has 1 fully saturated rings. The van der Waals surface area contributed by atoms with E-state index in [9.17, 15) is 19.5 Å². The van der Waals surface area contributed by atoms with E-state index in [0.29, 0.717) is 13.0 Å². The van der Waals surface area contributed by atoms with Gasteiger partial charge in [0.2, 0.25) is 5.91 Å². The number of fused-ring (bicyclic) bond motifs is 1. The van der Waals surface area contributed by atoms with Crippen LogP contribution in [0, 0.1) is 0 Å². The molecule has 136 valence electrons. The molecule has 0 radical (unpaired) electrons. The molecule has 3 N–H and O–H groups in total. The number of hydrogen-bond donors (Lipinski definition) is 3. The average Bonchev–Trinajstić information content (AvgIpc) is 3.18. The van der Waals surface area contributed by atoms with Crippen LogP contribution in [-0.4, -0.2) is 48.7 Å². The second kappa shape index (κ2) is 7.97. The number of nitrogens with one attached hydrogen (secondary N) is 2. The van der Waals surface area contributed by atoms with Gasteiger partial charge in [0.1, 0.15) is 6.10 Å². The molecule has 3 rings (SSSR count). The van der Waals surface area contributed by atoms with E-state index in [1.54, 1.807) is 12.1 Å². The summed E-state index contributed by atoms with van der Waals surface area (Å²) in [5.74, 6) is -1.83. The molecule has 2 amide bonds. The Morgan fingerprint density at radius 2 is 1.69 bits per heavy atom. The van der Waals surface area contributed by atoms with E-state index in [4.69, 9.17) is 4.74 Å². The number of amides is 2. The molecule has 2 aromatic carbocycles. The molecule has 7 heteroatoms. The summed E-state index contributed by atoms with van der Waals surface area (Å²) < 4.78 is 5.28. The zero-order chi connectivity index (χ0) is 18.5. The molecule has 1 aliphatic rings. The van der Waals surface area contributed by atoms with Crippen molar-refractivity contribution in [1.29, 1.82) is 0 Å². The number of carbonyl (C=O) groups is 3. The fourth-order valence-electron chi connectivity index (χ4n) is 2.96. The highest BCUT2D eigenvalue weighted by Crippen LogP contribution is 2.20. The molecular weight excluding hydrogens is 336 g/mol. The molecule has 1 unspecified atom stereocenters. The largest absolute Gasteiger partial charge is 0.478 e. The molecule has 0 saturated carbocycles. The summed E-state index contributed by atoms with van der Waals surface area (Å²) in [5.41, 5.74) is 0.0474. The first-order chi connectivity index (χ1) is 12.6. The predicted octanol–water partition coefficient (Wildman–Crippen LogP) is 1.56. The third-order valence-corrected chi connectivity index (χ3v) is 4.29. The fraction of sp³-hybridized carbons (Fsp3) is 0.316. The maximum absolute atomic E-state index is 12.4. The number of benzene rings is 2. The van der Waals surface area contributed by atoms with Crippen LogP contribution in [0.1, 0.15) is 33.6 Å². The Morgan fingerprint density at radius 3 is 2.31 bits per heavy atom. The number of carbonyl (C=O) groups excluding carboxylic acids is 2. The molecule has 0 spiro atoms. The highest BCUT2D eigenvalue weighted by molar-refractivity contribution is 6.08. The summed E-state index contributed by atoms with van der Waals surface area (Å²) in [7, 11) is 0. The van der Waals surface area contributed by atoms with Gasteiger partial charge in [-0.05, 0) is 35.7 Å². The van der Waals surface area contributed by atoms with Crippen molar-refractivity contribution in [2.24, 2.45) is 0 Å². The average molecular weight is 356 g/mol. The minimum Gasteiger partial charge on any atom is -0.478 e. The van der Waals surface area contributed by atoms with Gasteiger partial charge in [-0.15, -0.1) is 0 Å². The van der Waals surface area contributed by atoms with Gasteiger partial charge in [0.25, 0.3) is 5.91 Å². The maximum atomic E-state index is 12.4. The SMILES string of the molecule is O=C(O)c1cc2ccccc2cc1C(=O)NCCNC(=O)C1CCCO1. The van der Waals surface area contributed by atoms with Gasteiger partial charge in [0, 0.05) is 19.7 Å². The lowest BCUT2D eigenvalue weighted by Gasteiger charge is -2.12. The lowest BCUT2D eigenvalue weighted by molar-refractivity contribution is -0.129. The number of aromatic carboxylic acids is 1.